The molecule has 5 heteroatoms. The zero-order chi connectivity index (χ0) is 11.5. The van der Waals surface area contributed by atoms with E-state index in [2.05, 4.69) is 10.3 Å². The van der Waals surface area contributed by atoms with Gasteiger partial charge in [-0.15, -0.1) is 5.10 Å². The SMILES string of the molecule is CCc1cn(Cc2c(F)cccc2F)nn1. The van der Waals surface area contributed by atoms with Crippen LogP contribution < -0.4 is 0 Å². The van der Waals surface area contributed by atoms with Crippen LogP contribution in [0.2, 0.25) is 0 Å². The van der Waals surface area contributed by atoms with Crippen molar-refractivity contribution in [1.82, 2.24) is 15.0 Å². The van der Waals surface area contributed by atoms with Gasteiger partial charge >= 0.3 is 0 Å². The predicted molar refractivity (Wildman–Crippen MR) is 54.9 cm³/mol. The summed E-state index contributed by atoms with van der Waals surface area (Å²) in [5.41, 5.74) is 0.812. The maximum Gasteiger partial charge on any atom is 0.131 e. The van der Waals surface area contributed by atoms with Gasteiger partial charge in [-0.1, -0.05) is 18.2 Å². The highest BCUT2D eigenvalue weighted by Gasteiger charge is 2.09. The Balaban J connectivity index is 2.26. The van der Waals surface area contributed by atoms with Gasteiger partial charge in [0, 0.05) is 11.8 Å². The fraction of sp³-hybridized carbons (Fsp3) is 0.273. The molecule has 1 heterocycles. The molecule has 0 N–H and O–H groups in total. The molecule has 0 saturated heterocycles. The highest BCUT2D eigenvalue weighted by molar-refractivity contribution is 5.19. The summed E-state index contributed by atoms with van der Waals surface area (Å²) in [6.07, 6.45) is 2.44. The fourth-order valence-corrected chi connectivity index (χ4v) is 1.42. The molecule has 2 aromatic rings. The van der Waals surface area contributed by atoms with Crippen molar-refractivity contribution in [2.75, 3.05) is 0 Å². The molecule has 0 unspecified atom stereocenters. The lowest BCUT2D eigenvalue weighted by atomic mass is 10.2. The van der Waals surface area contributed by atoms with E-state index >= 15 is 0 Å². The molecule has 3 nitrogen and oxygen atoms in total. The quantitative estimate of drug-likeness (QED) is 0.798. The summed E-state index contributed by atoms with van der Waals surface area (Å²) in [6, 6.07) is 3.80. The number of nitrogens with zero attached hydrogens (tertiary/aromatic N) is 3. The Morgan fingerprint density at radius 1 is 1.25 bits per heavy atom. The van der Waals surface area contributed by atoms with Gasteiger partial charge in [-0.25, -0.2) is 13.5 Å². The van der Waals surface area contributed by atoms with Crippen molar-refractivity contribution in [3.05, 3.63) is 47.3 Å². The first kappa shape index (κ1) is 10.7. The largest absolute Gasteiger partial charge is 0.248 e. The number of hydrogen-bond acceptors (Lipinski definition) is 2. The molecule has 16 heavy (non-hydrogen) atoms. The third-order valence-corrected chi connectivity index (χ3v) is 2.33. The van der Waals surface area contributed by atoms with Crippen molar-refractivity contribution in [2.45, 2.75) is 19.9 Å². The summed E-state index contributed by atoms with van der Waals surface area (Å²) < 4.78 is 28.1. The van der Waals surface area contributed by atoms with Crippen molar-refractivity contribution in [2.24, 2.45) is 0 Å². The number of aryl methyl sites for hydroxylation is 1. The Kier molecular flexibility index (Phi) is 2.94. The molecule has 1 aromatic heterocycles. The molecule has 0 aliphatic heterocycles. The molecule has 0 atom stereocenters. The minimum Gasteiger partial charge on any atom is -0.248 e. The molecule has 2 rings (SSSR count). The number of hydrogen-bond donors (Lipinski definition) is 0. The Hall–Kier alpha value is -1.78. The van der Waals surface area contributed by atoms with Gasteiger partial charge in [-0.05, 0) is 18.6 Å². The molecule has 0 spiro atoms. The van der Waals surface area contributed by atoms with Gasteiger partial charge in [0.1, 0.15) is 11.6 Å². The second-order valence-corrected chi connectivity index (χ2v) is 3.46. The molecular weight excluding hydrogens is 212 g/mol. The Morgan fingerprint density at radius 2 is 1.94 bits per heavy atom. The molecule has 0 saturated carbocycles. The minimum absolute atomic E-state index is 0.00931. The average Bonchev–Trinajstić information content (AvgIpc) is 2.71. The second kappa shape index (κ2) is 4.38. The lowest BCUT2D eigenvalue weighted by molar-refractivity contribution is 0.528. The van der Waals surface area contributed by atoms with Crippen molar-refractivity contribution in [3.63, 3.8) is 0 Å². The fourth-order valence-electron chi connectivity index (χ4n) is 1.42. The van der Waals surface area contributed by atoms with Crippen molar-refractivity contribution >= 4 is 0 Å². The highest BCUT2D eigenvalue weighted by atomic mass is 19.1. The maximum atomic E-state index is 13.3. The van der Waals surface area contributed by atoms with Crippen LogP contribution in [0.3, 0.4) is 0 Å². The highest BCUT2D eigenvalue weighted by Crippen LogP contribution is 2.13. The van der Waals surface area contributed by atoms with E-state index in [-0.39, 0.29) is 12.1 Å². The van der Waals surface area contributed by atoms with Gasteiger partial charge in [0.15, 0.2) is 0 Å². The summed E-state index contributed by atoms with van der Waals surface area (Å²) in [6.45, 7) is 2.00. The van der Waals surface area contributed by atoms with E-state index in [1.807, 2.05) is 6.92 Å². The first-order chi connectivity index (χ1) is 7.70. The molecule has 0 bridgehead atoms. The normalized spacial score (nSPS) is 10.7. The van der Waals surface area contributed by atoms with Gasteiger partial charge < -0.3 is 0 Å². The molecular formula is C11H11F2N3. The average molecular weight is 223 g/mol. The number of halogens is 2. The van der Waals surface area contributed by atoms with E-state index in [0.717, 1.165) is 12.1 Å². The molecule has 0 amide bonds. The third kappa shape index (κ3) is 2.08. The smallest absolute Gasteiger partial charge is 0.131 e. The molecule has 0 aliphatic rings. The number of benzene rings is 1. The maximum absolute atomic E-state index is 13.3. The topological polar surface area (TPSA) is 30.7 Å². The molecule has 84 valence electrons. The summed E-state index contributed by atoms with van der Waals surface area (Å²) in [4.78, 5) is 0. The van der Waals surface area contributed by atoms with E-state index in [0.29, 0.717) is 0 Å². The standard InChI is InChI=1S/C11H11F2N3/c1-2-8-6-16(15-14-8)7-9-10(12)4-3-5-11(9)13/h3-6H,2,7H2,1H3. The summed E-state index contributed by atoms with van der Waals surface area (Å²) in [5, 5.41) is 7.66. The monoisotopic (exact) mass is 223 g/mol. The van der Waals surface area contributed by atoms with Crippen LogP contribution >= 0.6 is 0 Å². The van der Waals surface area contributed by atoms with Crippen LogP contribution in [-0.4, -0.2) is 15.0 Å². The van der Waals surface area contributed by atoms with Crippen LogP contribution in [0.25, 0.3) is 0 Å². The van der Waals surface area contributed by atoms with E-state index in [9.17, 15) is 8.78 Å². The molecule has 0 radical (unpaired) electrons. The third-order valence-electron chi connectivity index (χ3n) is 2.33. The van der Waals surface area contributed by atoms with Crippen molar-refractivity contribution in [1.29, 1.82) is 0 Å². The molecule has 1 aromatic carbocycles. The lowest BCUT2D eigenvalue weighted by Crippen LogP contribution is -2.05. The van der Waals surface area contributed by atoms with Crippen molar-refractivity contribution < 1.29 is 8.78 Å². The molecule has 0 aliphatic carbocycles. The van der Waals surface area contributed by atoms with E-state index in [1.165, 1.54) is 22.9 Å². The van der Waals surface area contributed by atoms with Gasteiger partial charge in [-0.2, -0.15) is 0 Å². The van der Waals surface area contributed by atoms with E-state index < -0.39 is 11.6 Å². The van der Waals surface area contributed by atoms with Crippen LogP contribution in [0.1, 0.15) is 18.2 Å². The zero-order valence-corrected chi connectivity index (χ0v) is 8.82. The van der Waals surface area contributed by atoms with Gasteiger partial charge in [0.2, 0.25) is 0 Å². The zero-order valence-electron chi connectivity index (χ0n) is 8.82. The second-order valence-electron chi connectivity index (χ2n) is 3.46. The summed E-state index contributed by atoms with van der Waals surface area (Å²) >= 11 is 0. The summed E-state index contributed by atoms with van der Waals surface area (Å²) in [7, 11) is 0. The number of rotatable bonds is 3. The van der Waals surface area contributed by atoms with E-state index in [4.69, 9.17) is 0 Å². The Morgan fingerprint density at radius 3 is 2.50 bits per heavy atom. The Labute approximate surface area is 91.7 Å². The van der Waals surface area contributed by atoms with Crippen LogP contribution in [0.15, 0.2) is 24.4 Å². The summed E-state index contributed by atoms with van der Waals surface area (Å²) in [5.74, 6) is -1.12. The van der Waals surface area contributed by atoms with Gasteiger partial charge in [0.05, 0.1) is 12.2 Å². The number of aromatic nitrogens is 3. The van der Waals surface area contributed by atoms with Crippen LogP contribution in [-0.2, 0) is 13.0 Å². The lowest BCUT2D eigenvalue weighted by Gasteiger charge is -2.03. The van der Waals surface area contributed by atoms with Crippen molar-refractivity contribution in [3.8, 4) is 0 Å². The van der Waals surface area contributed by atoms with Crippen LogP contribution in [0.4, 0.5) is 8.78 Å². The molecule has 0 fully saturated rings. The first-order valence-corrected chi connectivity index (χ1v) is 5.02. The first-order valence-electron chi connectivity index (χ1n) is 5.02. The van der Waals surface area contributed by atoms with Crippen LogP contribution in [0, 0.1) is 11.6 Å². The minimum atomic E-state index is -0.562. The Bertz CT molecular complexity index is 473. The predicted octanol–water partition coefficient (Wildman–Crippen LogP) is 2.17. The van der Waals surface area contributed by atoms with E-state index in [1.54, 1.807) is 6.20 Å². The van der Waals surface area contributed by atoms with Gasteiger partial charge in [0.25, 0.3) is 0 Å². The van der Waals surface area contributed by atoms with Gasteiger partial charge in [-0.3, -0.25) is 0 Å². The van der Waals surface area contributed by atoms with Crippen LogP contribution in [0.5, 0.6) is 0 Å².